The fraction of sp³-hybridized carbons (Fsp3) is 0.318. The molecule has 152 valence electrons. The number of amides is 1. The number of aryl methyl sites for hydroxylation is 1. The molecule has 7 nitrogen and oxygen atoms in total. The van der Waals surface area contributed by atoms with Crippen molar-refractivity contribution in [2.24, 2.45) is 0 Å². The summed E-state index contributed by atoms with van der Waals surface area (Å²) in [5, 5.41) is 0. The number of nitrogens with zero attached hydrogens (tertiary/aromatic N) is 3. The first-order chi connectivity index (χ1) is 14.0. The van der Waals surface area contributed by atoms with E-state index in [0.717, 1.165) is 16.9 Å². The van der Waals surface area contributed by atoms with Crippen LogP contribution in [0.5, 0.6) is 5.75 Å². The van der Waals surface area contributed by atoms with E-state index in [1.807, 2.05) is 41.9 Å². The summed E-state index contributed by atoms with van der Waals surface area (Å²) in [5.41, 5.74) is 3.24. The second kappa shape index (κ2) is 9.23. The van der Waals surface area contributed by atoms with Crippen LogP contribution in [0.25, 0.3) is 5.65 Å². The number of imidazole rings is 1. The second-order valence-corrected chi connectivity index (χ2v) is 6.85. The van der Waals surface area contributed by atoms with E-state index < -0.39 is 0 Å². The Morgan fingerprint density at radius 3 is 2.72 bits per heavy atom. The lowest BCUT2D eigenvalue weighted by atomic mass is 10.1. The van der Waals surface area contributed by atoms with E-state index in [1.54, 1.807) is 30.1 Å². The van der Waals surface area contributed by atoms with E-state index in [2.05, 4.69) is 9.72 Å². The van der Waals surface area contributed by atoms with Crippen molar-refractivity contribution in [1.82, 2.24) is 14.3 Å². The van der Waals surface area contributed by atoms with Gasteiger partial charge in [-0.1, -0.05) is 18.2 Å². The zero-order valence-corrected chi connectivity index (χ0v) is 16.9. The van der Waals surface area contributed by atoms with Crippen molar-refractivity contribution >= 4 is 17.5 Å². The monoisotopic (exact) mass is 395 g/mol. The molecule has 0 N–H and O–H groups in total. The molecule has 0 bridgehead atoms. The van der Waals surface area contributed by atoms with Gasteiger partial charge in [-0.2, -0.15) is 0 Å². The van der Waals surface area contributed by atoms with Gasteiger partial charge in [-0.3, -0.25) is 9.59 Å². The molecule has 0 radical (unpaired) electrons. The van der Waals surface area contributed by atoms with Crippen molar-refractivity contribution in [1.29, 1.82) is 0 Å². The Morgan fingerprint density at radius 1 is 1.17 bits per heavy atom. The summed E-state index contributed by atoms with van der Waals surface area (Å²) in [6.07, 6.45) is 4.68. The molecule has 0 aliphatic rings. The van der Waals surface area contributed by atoms with Gasteiger partial charge in [0.15, 0.2) is 0 Å². The van der Waals surface area contributed by atoms with Crippen LogP contribution in [0.2, 0.25) is 0 Å². The molecule has 0 atom stereocenters. The molecule has 0 fully saturated rings. The van der Waals surface area contributed by atoms with E-state index in [4.69, 9.17) is 4.74 Å². The number of pyridine rings is 1. The van der Waals surface area contributed by atoms with Crippen molar-refractivity contribution in [3.8, 4) is 5.75 Å². The van der Waals surface area contributed by atoms with Crippen LogP contribution < -0.4 is 4.74 Å². The summed E-state index contributed by atoms with van der Waals surface area (Å²) < 4.78 is 12.5. The first kappa shape index (κ1) is 20.4. The summed E-state index contributed by atoms with van der Waals surface area (Å²) in [5.74, 6) is 0.0691. The molecule has 0 saturated heterocycles. The summed E-state index contributed by atoms with van der Waals surface area (Å²) >= 11 is 0. The van der Waals surface area contributed by atoms with Crippen molar-refractivity contribution in [2.45, 2.75) is 26.4 Å². The zero-order valence-electron chi connectivity index (χ0n) is 16.9. The normalized spacial score (nSPS) is 10.7. The smallest absolute Gasteiger partial charge is 0.305 e. The number of ether oxygens (including phenoxy) is 2. The molecule has 7 heteroatoms. The number of rotatable bonds is 8. The predicted octanol–water partition coefficient (Wildman–Crippen LogP) is 3.25. The average molecular weight is 395 g/mol. The SMILES string of the molecule is COC(=O)CCCN(C)C(=O)c1ccccc1OCc1cn2cccc(C)c2n1. The third kappa shape index (κ3) is 4.93. The Morgan fingerprint density at radius 2 is 1.97 bits per heavy atom. The molecule has 0 aliphatic heterocycles. The van der Waals surface area contributed by atoms with Gasteiger partial charge in [0.25, 0.3) is 5.91 Å². The molecule has 0 spiro atoms. The number of fused-ring (bicyclic) bond motifs is 1. The highest BCUT2D eigenvalue weighted by Crippen LogP contribution is 2.21. The number of aromatic nitrogens is 2. The van der Waals surface area contributed by atoms with Crippen molar-refractivity contribution in [2.75, 3.05) is 20.7 Å². The fourth-order valence-electron chi connectivity index (χ4n) is 3.06. The summed E-state index contributed by atoms with van der Waals surface area (Å²) in [7, 11) is 3.07. The number of methoxy groups -OCH3 is 1. The van der Waals surface area contributed by atoms with E-state index in [-0.39, 0.29) is 24.9 Å². The molecule has 29 heavy (non-hydrogen) atoms. The number of benzene rings is 1. The number of hydrogen-bond donors (Lipinski definition) is 0. The summed E-state index contributed by atoms with van der Waals surface area (Å²) in [4.78, 5) is 30.2. The molecule has 3 aromatic rings. The predicted molar refractivity (Wildman–Crippen MR) is 109 cm³/mol. The Bertz CT molecular complexity index is 1010. The van der Waals surface area contributed by atoms with Crippen molar-refractivity contribution in [3.63, 3.8) is 0 Å². The number of esters is 1. The molecule has 1 aromatic carbocycles. The second-order valence-electron chi connectivity index (χ2n) is 6.85. The highest BCUT2D eigenvalue weighted by atomic mass is 16.5. The van der Waals surface area contributed by atoms with Gasteiger partial charge < -0.3 is 18.8 Å². The van der Waals surface area contributed by atoms with Gasteiger partial charge >= 0.3 is 5.97 Å². The summed E-state index contributed by atoms with van der Waals surface area (Å²) in [6.45, 7) is 2.72. The number of hydrogen-bond acceptors (Lipinski definition) is 5. The largest absolute Gasteiger partial charge is 0.486 e. The van der Waals surface area contributed by atoms with Crippen LogP contribution in [-0.4, -0.2) is 46.9 Å². The van der Waals surface area contributed by atoms with Gasteiger partial charge in [0, 0.05) is 32.4 Å². The molecule has 0 saturated carbocycles. The maximum atomic E-state index is 12.8. The van der Waals surface area contributed by atoms with E-state index >= 15 is 0 Å². The average Bonchev–Trinajstić information content (AvgIpc) is 3.16. The maximum Gasteiger partial charge on any atom is 0.305 e. The van der Waals surface area contributed by atoms with Gasteiger partial charge in [-0.05, 0) is 37.1 Å². The van der Waals surface area contributed by atoms with Crippen molar-refractivity contribution < 1.29 is 19.1 Å². The number of carbonyl (C=O) groups excluding carboxylic acids is 2. The summed E-state index contributed by atoms with van der Waals surface area (Å²) in [6, 6.07) is 11.1. The number of para-hydroxylation sites is 1. The van der Waals surface area contributed by atoms with Crippen LogP contribution in [-0.2, 0) is 16.1 Å². The fourth-order valence-corrected chi connectivity index (χ4v) is 3.06. The number of carbonyl (C=O) groups is 2. The molecular formula is C22H25N3O4. The minimum atomic E-state index is -0.280. The first-order valence-corrected chi connectivity index (χ1v) is 9.47. The molecule has 3 rings (SSSR count). The zero-order chi connectivity index (χ0) is 20.8. The van der Waals surface area contributed by atoms with Gasteiger partial charge in [0.05, 0.1) is 18.4 Å². The Hall–Kier alpha value is -3.35. The molecule has 0 aliphatic carbocycles. The standard InChI is InChI=1S/C22H25N3O4/c1-16-8-6-13-25-14-17(23-21(16)25)15-29-19-10-5-4-9-18(19)22(27)24(2)12-7-11-20(26)28-3/h4-6,8-10,13-14H,7,11-12,15H2,1-3H3. The molecule has 0 unspecified atom stereocenters. The van der Waals surface area contributed by atoms with Gasteiger partial charge in [0.2, 0.25) is 0 Å². The Labute approximate surface area is 169 Å². The minimum absolute atomic E-state index is 0.156. The molecule has 2 heterocycles. The van der Waals surface area contributed by atoms with Crippen LogP contribution >= 0.6 is 0 Å². The van der Waals surface area contributed by atoms with E-state index in [9.17, 15) is 9.59 Å². The molecular weight excluding hydrogens is 370 g/mol. The molecule has 1 amide bonds. The van der Waals surface area contributed by atoms with Gasteiger partial charge in [-0.25, -0.2) is 4.98 Å². The van der Waals surface area contributed by atoms with E-state index in [0.29, 0.717) is 24.3 Å². The van der Waals surface area contributed by atoms with Crippen LogP contribution in [0.15, 0.2) is 48.8 Å². The quantitative estimate of drug-likeness (QED) is 0.548. The maximum absolute atomic E-state index is 12.8. The lowest BCUT2D eigenvalue weighted by Gasteiger charge is -2.18. The Kier molecular flexibility index (Phi) is 6.49. The van der Waals surface area contributed by atoms with Crippen LogP contribution in [0.4, 0.5) is 0 Å². The third-order valence-corrected chi connectivity index (χ3v) is 4.67. The highest BCUT2D eigenvalue weighted by Gasteiger charge is 2.17. The third-order valence-electron chi connectivity index (χ3n) is 4.67. The lowest BCUT2D eigenvalue weighted by molar-refractivity contribution is -0.140. The first-order valence-electron chi connectivity index (χ1n) is 9.47. The lowest BCUT2D eigenvalue weighted by Crippen LogP contribution is -2.28. The van der Waals surface area contributed by atoms with Gasteiger partial charge in [0.1, 0.15) is 18.0 Å². The van der Waals surface area contributed by atoms with Crippen LogP contribution in [0.3, 0.4) is 0 Å². The Balaban J connectivity index is 1.67. The van der Waals surface area contributed by atoms with Gasteiger partial charge in [-0.15, -0.1) is 0 Å². The molecule has 2 aromatic heterocycles. The van der Waals surface area contributed by atoms with Crippen LogP contribution in [0, 0.1) is 6.92 Å². The van der Waals surface area contributed by atoms with E-state index in [1.165, 1.54) is 7.11 Å². The topological polar surface area (TPSA) is 73.1 Å². The van der Waals surface area contributed by atoms with Crippen LogP contribution in [0.1, 0.15) is 34.5 Å². The van der Waals surface area contributed by atoms with Crippen molar-refractivity contribution in [3.05, 3.63) is 65.6 Å². The minimum Gasteiger partial charge on any atom is -0.486 e. The highest BCUT2D eigenvalue weighted by molar-refractivity contribution is 5.96.